The zero-order valence-electron chi connectivity index (χ0n) is 16.0. The van der Waals surface area contributed by atoms with Crippen LogP contribution >= 0.6 is 11.8 Å². The zero-order valence-corrected chi connectivity index (χ0v) is 16.8. The van der Waals surface area contributed by atoms with Gasteiger partial charge in [0.15, 0.2) is 5.16 Å². The van der Waals surface area contributed by atoms with Crippen LogP contribution < -0.4 is 5.56 Å². The van der Waals surface area contributed by atoms with Gasteiger partial charge in [-0.2, -0.15) is 0 Å². The summed E-state index contributed by atoms with van der Waals surface area (Å²) < 4.78 is 3.54. The van der Waals surface area contributed by atoms with Gasteiger partial charge in [-0.15, -0.1) is 10.2 Å². The minimum absolute atomic E-state index is 0.0586. The van der Waals surface area contributed by atoms with Crippen LogP contribution in [0.15, 0.2) is 58.5 Å². The molecule has 0 fully saturated rings. The van der Waals surface area contributed by atoms with Gasteiger partial charge in [-0.3, -0.25) is 23.9 Å². The second-order valence-corrected chi connectivity index (χ2v) is 8.01. The number of hydrogen-bond acceptors (Lipinski definition) is 6. The SMILES string of the molecule is CCCn1c(=O)c2ccccc2n2c(SC(C)c3cccc([N+](=O)[O-])c3)nnc12. The smallest absolute Gasteiger partial charge is 0.269 e. The first kappa shape index (κ1) is 19.1. The standard InChI is InChI=1S/C20H19N5O3S/c1-3-11-23-18(26)16-9-4-5-10-17(16)24-19(23)21-22-20(24)29-13(2)14-7-6-8-15(12-14)25(27)28/h4-10,12-13H,3,11H2,1-2H3. The minimum Gasteiger partial charge on any atom is -0.276 e. The number of thioether (sulfide) groups is 1. The highest BCUT2D eigenvalue weighted by Gasteiger charge is 2.19. The van der Waals surface area contributed by atoms with Crippen LogP contribution in [-0.2, 0) is 6.54 Å². The molecule has 2 aromatic heterocycles. The molecule has 0 saturated heterocycles. The van der Waals surface area contributed by atoms with Crippen molar-refractivity contribution in [3.05, 3.63) is 74.6 Å². The van der Waals surface area contributed by atoms with Gasteiger partial charge in [0.2, 0.25) is 5.78 Å². The summed E-state index contributed by atoms with van der Waals surface area (Å²) in [5, 5.41) is 20.9. The van der Waals surface area contributed by atoms with Crippen LogP contribution in [0.5, 0.6) is 0 Å². The molecule has 2 aromatic carbocycles. The molecule has 0 N–H and O–H groups in total. The molecule has 0 amide bonds. The number of nitro benzene ring substituents is 1. The van der Waals surface area contributed by atoms with E-state index in [0.29, 0.717) is 22.9 Å². The maximum Gasteiger partial charge on any atom is 0.269 e. The highest BCUT2D eigenvalue weighted by molar-refractivity contribution is 7.99. The second kappa shape index (κ2) is 7.67. The highest BCUT2D eigenvalue weighted by atomic mass is 32.2. The Morgan fingerprint density at radius 1 is 1.17 bits per heavy atom. The van der Waals surface area contributed by atoms with Crippen LogP contribution in [0.2, 0.25) is 0 Å². The van der Waals surface area contributed by atoms with Gasteiger partial charge in [0.05, 0.1) is 15.8 Å². The summed E-state index contributed by atoms with van der Waals surface area (Å²) in [5.74, 6) is 0.504. The average molecular weight is 409 g/mol. The van der Waals surface area contributed by atoms with Crippen molar-refractivity contribution in [1.29, 1.82) is 0 Å². The van der Waals surface area contributed by atoms with E-state index < -0.39 is 4.92 Å². The molecule has 0 aliphatic heterocycles. The Kier molecular flexibility index (Phi) is 5.06. The molecule has 0 aliphatic carbocycles. The van der Waals surface area contributed by atoms with Gasteiger partial charge >= 0.3 is 0 Å². The lowest BCUT2D eigenvalue weighted by atomic mass is 10.1. The fraction of sp³-hybridized carbons (Fsp3) is 0.250. The Hall–Kier alpha value is -3.20. The monoisotopic (exact) mass is 409 g/mol. The van der Waals surface area contributed by atoms with E-state index in [2.05, 4.69) is 10.2 Å². The predicted octanol–water partition coefficient (Wildman–Crippen LogP) is 4.22. The van der Waals surface area contributed by atoms with Crippen molar-refractivity contribution in [3.63, 3.8) is 0 Å². The Balaban J connectivity index is 1.84. The topological polar surface area (TPSA) is 95.3 Å². The van der Waals surface area contributed by atoms with Crippen molar-refractivity contribution in [2.45, 2.75) is 37.2 Å². The summed E-state index contributed by atoms with van der Waals surface area (Å²) in [6.45, 7) is 4.53. The molecule has 1 atom stereocenters. The number of hydrogen-bond donors (Lipinski definition) is 0. The zero-order chi connectivity index (χ0) is 20.5. The quantitative estimate of drug-likeness (QED) is 0.269. The molecule has 1 unspecified atom stereocenters. The summed E-state index contributed by atoms with van der Waals surface area (Å²) in [6, 6.07) is 14.0. The molecule has 29 heavy (non-hydrogen) atoms. The second-order valence-electron chi connectivity index (χ2n) is 6.70. The molecule has 4 rings (SSSR count). The predicted molar refractivity (Wildman–Crippen MR) is 112 cm³/mol. The lowest BCUT2D eigenvalue weighted by molar-refractivity contribution is -0.384. The van der Waals surface area contributed by atoms with Crippen molar-refractivity contribution in [2.75, 3.05) is 0 Å². The van der Waals surface area contributed by atoms with Gasteiger partial charge in [0.25, 0.3) is 11.2 Å². The maximum atomic E-state index is 12.9. The van der Waals surface area contributed by atoms with Crippen molar-refractivity contribution >= 4 is 34.1 Å². The largest absolute Gasteiger partial charge is 0.276 e. The number of benzene rings is 2. The van der Waals surface area contributed by atoms with E-state index in [-0.39, 0.29) is 16.5 Å². The first-order valence-corrected chi connectivity index (χ1v) is 10.2. The third kappa shape index (κ3) is 3.38. The summed E-state index contributed by atoms with van der Waals surface area (Å²) in [5.41, 5.74) is 1.56. The first-order chi connectivity index (χ1) is 14.0. The Morgan fingerprint density at radius 2 is 1.97 bits per heavy atom. The van der Waals surface area contributed by atoms with E-state index in [1.165, 1.54) is 17.8 Å². The number of fused-ring (bicyclic) bond motifs is 3. The van der Waals surface area contributed by atoms with Gasteiger partial charge < -0.3 is 0 Å². The third-order valence-corrected chi connectivity index (χ3v) is 5.86. The van der Waals surface area contributed by atoms with E-state index in [1.807, 2.05) is 48.6 Å². The fourth-order valence-electron chi connectivity index (χ4n) is 3.35. The normalized spacial score (nSPS) is 12.5. The number of nitro groups is 1. The molecule has 4 aromatic rings. The van der Waals surface area contributed by atoms with Crippen LogP contribution in [0.3, 0.4) is 0 Å². The van der Waals surface area contributed by atoms with E-state index in [1.54, 1.807) is 16.7 Å². The van der Waals surface area contributed by atoms with E-state index in [0.717, 1.165) is 17.5 Å². The summed E-state index contributed by atoms with van der Waals surface area (Å²) in [7, 11) is 0. The Morgan fingerprint density at radius 3 is 2.72 bits per heavy atom. The average Bonchev–Trinajstić information content (AvgIpc) is 3.14. The third-order valence-electron chi connectivity index (χ3n) is 4.76. The van der Waals surface area contributed by atoms with Crippen molar-refractivity contribution < 1.29 is 4.92 Å². The van der Waals surface area contributed by atoms with Crippen LogP contribution in [0.25, 0.3) is 16.7 Å². The summed E-state index contributed by atoms with van der Waals surface area (Å²) in [4.78, 5) is 23.6. The number of para-hydroxylation sites is 1. The number of aromatic nitrogens is 4. The van der Waals surface area contributed by atoms with Crippen molar-refractivity contribution in [1.82, 2.24) is 19.2 Å². The van der Waals surface area contributed by atoms with Gasteiger partial charge in [0, 0.05) is 23.9 Å². The molecule has 2 heterocycles. The van der Waals surface area contributed by atoms with E-state index >= 15 is 0 Å². The highest BCUT2D eigenvalue weighted by Crippen LogP contribution is 2.35. The fourth-order valence-corrected chi connectivity index (χ4v) is 4.32. The summed E-state index contributed by atoms with van der Waals surface area (Å²) >= 11 is 1.45. The molecule has 0 saturated carbocycles. The molecule has 8 nitrogen and oxygen atoms in total. The van der Waals surface area contributed by atoms with Crippen LogP contribution in [0.1, 0.15) is 31.1 Å². The summed E-state index contributed by atoms with van der Waals surface area (Å²) in [6.07, 6.45) is 0.799. The Bertz CT molecular complexity index is 1280. The maximum absolute atomic E-state index is 12.9. The molecule has 9 heteroatoms. The van der Waals surface area contributed by atoms with Crippen LogP contribution in [-0.4, -0.2) is 24.1 Å². The molecular weight excluding hydrogens is 390 g/mol. The van der Waals surface area contributed by atoms with Crippen molar-refractivity contribution in [2.24, 2.45) is 0 Å². The number of non-ortho nitro benzene ring substituents is 1. The molecule has 0 aliphatic rings. The van der Waals surface area contributed by atoms with Gasteiger partial charge in [-0.1, -0.05) is 43.0 Å². The van der Waals surface area contributed by atoms with Crippen LogP contribution in [0.4, 0.5) is 5.69 Å². The number of nitrogens with zero attached hydrogens (tertiary/aromatic N) is 5. The van der Waals surface area contributed by atoms with E-state index in [4.69, 9.17) is 0 Å². The van der Waals surface area contributed by atoms with Gasteiger partial charge in [-0.05, 0) is 31.0 Å². The molecule has 148 valence electrons. The number of rotatable bonds is 6. The molecule has 0 spiro atoms. The van der Waals surface area contributed by atoms with Crippen LogP contribution in [0, 0.1) is 10.1 Å². The number of aryl methyl sites for hydroxylation is 1. The molecular formula is C20H19N5O3S. The lowest BCUT2D eigenvalue weighted by Gasteiger charge is -2.13. The first-order valence-electron chi connectivity index (χ1n) is 9.29. The lowest BCUT2D eigenvalue weighted by Crippen LogP contribution is -2.23. The Labute approximate surface area is 170 Å². The minimum atomic E-state index is -0.399. The van der Waals surface area contributed by atoms with Gasteiger partial charge in [-0.25, -0.2) is 0 Å². The van der Waals surface area contributed by atoms with Crippen molar-refractivity contribution in [3.8, 4) is 0 Å². The van der Waals surface area contributed by atoms with Gasteiger partial charge in [0.1, 0.15) is 0 Å². The molecule has 0 radical (unpaired) electrons. The van der Waals surface area contributed by atoms with E-state index in [9.17, 15) is 14.9 Å². The molecule has 0 bridgehead atoms.